The van der Waals surface area contributed by atoms with E-state index in [4.69, 9.17) is 27.9 Å². The van der Waals surface area contributed by atoms with Crippen LogP contribution >= 0.6 is 23.2 Å². The SMILES string of the molecule is CN1C(=O)[C@@H](Cc2ccncc2O)O[C@H](c2ccc(Cl)cc2)[C@@H]1c1ccc(Cl)cc1. The number of likely N-dealkylation sites (N-methyl/N-ethyl adjacent to an activating group) is 1. The van der Waals surface area contributed by atoms with Crippen LogP contribution in [0.3, 0.4) is 0 Å². The summed E-state index contributed by atoms with van der Waals surface area (Å²) >= 11 is 12.1. The van der Waals surface area contributed by atoms with E-state index in [0.29, 0.717) is 15.6 Å². The van der Waals surface area contributed by atoms with Crippen molar-refractivity contribution in [1.82, 2.24) is 9.88 Å². The predicted molar refractivity (Wildman–Crippen MR) is 116 cm³/mol. The summed E-state index contributed by atoms with van der Waals surface area (Å²) in [6.07, 6.45) is 2.03. The fourth-order valence-electron chi connectivity index (χ4n) is 3.77. The first kappa shape index (κ1) is 20.7. The molecule has 0 radical (unpaired) electrons. The minimum Gasteiger partial charge on any atom is -0.506 e. The zero-order valence-electron chi connectivity index (χ0n) is 16.2. The molecule has 1 aliphatic heterocycles. The van der Waals surface area contributed by atoms with Crippen molar-refractivity contribution >= 4 is 29.1 Å². The lowest BCUT2D eigenvalue weighted by Gasteiger charge is -2.43. The van der Waals surface area contributed by atoms with Gasteiger partial charge >= 0.3 is 0 Å². The van der Waals surface area contributed by atoms with Crippen molar-refractivity contribution in [3.8, 4) is 5.75 Å². The summed E-state index contributed by atoms with van der Waals surface area (Å²) in [6.45, 7) is 0. The molecule has 7 heteroatoms. The van der Waals surface area contributed by atoms with Gasteiger partial charge in [-0.25, -0.2) is 0 Å². The molecule has 3 aromatic rings. The number of carbonyl (C=O) groups excluding carboxylic acids is 1. The van der Waals surface area contributed by atoms with Gasteiger partial charge in [-0.1, -0.05) is 47.5 Å². The van der Waals surface area contributed by atoms with Gasteiger partial charge in [-0.15, -0.1) is 0 Å². The molecule has 1 N–H and O–H groups in total. The summed E-state index contributed by atoms with van der Waals surface area (Å²) in [5.74, 6) is -0.115. The molecule has 30 heavy (non-hydrogen) atoms. The number of carbonyl (C=O) groups is 1. The quantitative estimate of drug-likeness (QED) is 0.618. The summed E-state index contributed by atoms with van der Waals surface area (Å²) in [6, 6.07) is 16.2. The Morgan fingerprint density at radius 3 is 2.20 bits per heavy atom. The highest BCUT2D eigenvalue weighted by molar-refractivity contribution is 6.30. The lowest BCUT2D eigenvalue weighted by atomic mass is 9.91. The number of rotatable bonds is 4. The first-order valence-corrected chi connectivity index (χ1v) is 10.2. The van der Waals surface area contributed by atoms with Crippen molar-refractivity contribution in [3.05, 3.63) is 93.7 Å². The molecular weight excluding hydrogens is 423 g/mol. The average Bonchev–Trinajstić information content (AvgIpc) is 2.74. The largest absolute Gasteiger partial charge is 0.506 e. The minimum atomic E-state index is -0.743. The van der Waals surface area contributed by atoms with E-state index in [-0.39, 0.29) is 24.1 Å². The van der Waals surface area contributed by atoms with Gasteiger partial charge in [-0.05, 0) is 41.5 Å². The summed E-state index contributed by atoms with van der Waals surface area (Å²) in [5, 5.41) is 11.3. The van der Waals surface area contributed by atoms with E-state index < -0.39 is 12.2 Å². The topological polar surface area (TPSA) is 62.7 Å². The maximum Gasteiger partial charge on any atom is 0.252 e. The van der Waals surface area contributed by atoms with Gasteiger partial charge in [-0.3, -0.25) is 9.78 Å². The number of halogens is 2. The second kappa shape index (κ2) is 8.64. The summed E-state index contributed by atoms with van der Waals surface area (Å²) < 4.78 is 6.35. The van der Waals surface area contributed by atoms with Gasteiger partial charge in [0.05, 0.1) is 12.2 Å². The van der Waals surface area contributed by atoms with Crippen molar-refractivity contribution in [2.75, 3.05) is 7.05 Å². The van der Waals surface area contributed by atoms with Gasteiger partial charge in [0.15, 0.2) is 0 Å². The van der Waals surface area contributed by atoms with Crippen LogP contribution in [0.4, 0.5) is 0 Å². The highest BCUT2D eigenvalue weighted by Crippen LogP contribution is 2.42. The average molecular weight is 443 g/mol. The Morgan fingerprint density at radius 2 is 1.60 bits per heavy atom. The molecule has 0 unspecified atom stereocenters. The molecule has 1 amide bonds. The smallest absolute Gasteiger partial charge is 0.252 e. The molecule has 5 nitrogen and oxygen atoms in total. The number of pyridine rings is 1. The molecule has 154 valence electrons. The van der Waals surface area contributed by atoms with Gasteiger partial charge in [0.25, 0.3) is 5.91 Å². The third kappa shape index (κ3) is 4.15. The second-order valence-electron chi connectivity index (χ2n) is 7.25. The highest BCUT2D eigenvalue weighted by Gasteiger charge is 2.42. The van der Waals surface area contributed by atoms with E-state index >= 15 is 0 Å². The van der Waals surface area contributed by atoms with Crippen LogP contribution in [0.15, 0.2) is 67.0 Å². The lowest BCUT2D eigenvalue weighted by Crippen LogP contribution is -2.49. The Kier molecular flexibility index (Phi) is 5.95. The van der Waals surface area contributed by atoms with Crippen LogP contribution in [0.5, 0.6) is 5.75 Å². The van der Waals surface area contributed by atoms with Gasteiger partial charge in [0.2, 0.25) is 0 Å². The Balaban J connectivity index is 1.72. The van der Waals surface area contributed by atoms with Crippen molar-refractivity contribution in [1.29, 1.82) is 0 Å². The number of morpholine rings is 1. The summed E-state index contributed by atoms with van der Waals surface area (Å²) in [4.78, 5) is 18.8. The molecule has 1 aromatic heterocycles. The first-order valence-electron chi connectivity index (χ1n) is 9.49. The van der Waals surface area contributed by atoms with Crippen molar-refractivity contribution in [2.24, 2.45) is 0 Å². The number of nitrogens with zero attached hydrogens (tertiary/aromatic N) is 2. The Hall–Kier alpha value is -2.60. The number of benzene rings is 2. The van der Waals surface area contributed by atoms with E-state index in [2.05, 4.69) is 4.98 Å². The zero-order valence-corrected chi connectivity index (χ0v) is 17.7. The van der Waals surface area contributed by atoms with Gasteiger partial charge < -0.3 is 14.7 Å². The fourth-order valence-corrected chi connectivity index (χ4v) is 4.02. The van der Waals surface area contributed by atoms with Crippen molar-refractivity contribution in [2.45, 2.75) is 24.7 Å². The number of aromatic hydroxyl groups is 1. The standard InChI is InChI=1S/C23H20Cl2N2O3/c1-27-21(14-2-6-17(24)7-3-14)22(15-4-8-18(25)9-5-15)30-20(23(27)29)12-16-10-11-26-13-19(16)28/h2-11,13,20-22,28H,12H2,1H3/t20-,21+,22-/m1/s1. The molecule has 4 rings (SSSR count). The van der Waals surface area contributed by atoms with Crippen LogP contribution in [-0.2, 0) is 16.0 Å². The minimum absolute atomic E-state index is 0.0411. The maximum atomic E-state index is 13.2. The highest BCUT2D eigenvalue weighted by atomic mass is 35.5. The van der Waals surface area contributed by atoms with Crippen LogP contribution in [0.1, 0.15) is 28.8 Å². The predicted octanol–water partition coefficient (Wildman–Crippen LogP) is 4.98. The molecular formula is C23H20Cl2N2O3. The number of ether oxygens (including phenoxy) is 1. The van der Waals surface area contributed by atoms with Gasteiger partial charge in [0, 0.05) is 35.3 Å². The summed E-state index contributed by atoms with van der Waals surface area (Å²) in [7, 11) is 1.77. The van der Waals surface area contributed by atoms with E-state index in [1.807, 2.05) is 24.3 Å². The van der Waals surface area contributed by atoms with Crippen LogP contribution in [-0.4, -0.2) is 34.0 Å². The van der Waals surface area contributed by atoms with Crippen molar-refractivity contribution in [3.63, 3.8) is 0 Å². The third-order valence-electron chi connectivity index (χ3n) is 5.34. The van der Waals surface area contributed by atoms with E-state index in [0.717, 1.165) is 11.1 Å². The molecule has 0 aliphatic carbocycles. The molecule has 1 saturated heterocycles. The van der Waals surface area contributed by atoms with Gasteiger partial charge in [0.1, 0.15) is 18.0 Å². The van der Waals surface area contributed by atoms with E-state index in [1.54, 1.807) is 48.5 Å². The summed E-state index contributed by atoms with van der Waals surface area (Å²) in [5.41, 5.74) is 2.43. The van der Waals surface area contributed by atoms with Crippen LogP contribution < -0.4 is 0 Å². The molecule has 2 aromatic carbocycles. The number of hydrogen-bond acceptors (Lipinski definition) is 4. The molecule has 1 aliphatic rings. The molecule has 2 heterocycles. The lowest BCUT2D eigenvalue weighted by molar-refractivity contribution is -0.171. The molecule has 3 atom stereocenters. The Bertz CT molecular complexity index is 1040. The Labute approximate surface area is 184 Å². The second-order valence-corrected chi connectivity index (χ2v) is 8.12. The molecule has 0 bridgehead atoms. The van der Waals surface area contributed by atoms with E-state index in [1.165, 1.54) is 6.20 Å². The van der Waals surface area contributed by atoms with Crippen LogP contribution in [0.2, 0.25) is 10.0 Å². The van der Waals surface area contributed by atoms with E-state index in [9.17, 15) is 9.90 Å². The number of hydrogen-bond donors (Lipinski definition) is 1. The third-order valence-corrected chi connectivity index (χ3v) is 5.84. The number of aromatic nitrogens is 1. The van der Waals surface area contributed by atoms with Crippen LogP contribution in [0.25, 0.3) is 0 Å². The Morgan fingerprint density at radius 1 is 1.00 bits per heavy atom. The van der Waals surface area contributed by atoms with Crippen molar-refractivity contribution < 1.29 is 14.6 Å². The number of amides is 1. The monoisotopic (exact) mass is 442 g/mol. The molecule has 1 fully saturated rings. The first-order chi connectivity index (χ1) is 14.4. The molecule has 0 spiro atoms. The fraction of sp³-hybridized carbons (Fsp3) is 0.217. The van der Waals surface area contributed by atoms with Crippen LogP contribution in [0, 0.1) is 0 Å². The molecule has 0 saturated carbocycles. The maximum absolute atomic E-state index is 13.2. The van der Waals surface area contributed by atoms with Gasteiger partial charge in [-0.2, -0.15) is 0 Å². The normalized spacial score (nSPS) is 21.6. The zero-order chi connectivity index (χ0) is 21.3.